The molecule has 23 heavy (non-hydrogen) atoms. The molecular formula is C16H17FN6. The van der Waals surface area contributed by atoms with Crippen molar-refractivity contribution in [3.8, 4) is 0 Å². The number of alkyl halides is 1. The van der Waals surface area contributed by atoms with Gasteiger partial charge in [0.05, 0.1) is 0 Å². The molecule has 0 aliphatic carbocycles. The number of hydrogen-bond donors (Lipinski definition) is 0. The summed E-state index contributed by atoms with van der Waals surface area (Å²) in [5, 5.41) is 8.01. The minimum absolute atomic E-state index is 0.365. The Morgan fingerprint density at radius 2 is 2.00 bits per heavy atom. The van der Waals surface area contributed by atoms with Crippen LogP contribution in [-0.4, -0.2) is 43.3 Å². The third-order valence-electron chi connectivity index (χ3n) is 4.38. The molecule has 0 unspecified atom stereocenters. The van der Waals surface area contributed by atoms with Gasteiger partial charge >= 0.3 is 0 Å². The largest absolute Gasteiger partial charge is 0.353 e. The Balaban J connectivity index is 1.49. The van der Waals surface area contributed by atoms with Crippen molar-refractivity contribution in [1.82, 2.24) is 24.6 Å². The molecule has 3 aromatic rings. The maximum Gasteiger partial charge on any atom is 0.203 e. The fraction of sp³-hybridized carbons (Fsp3) is 0.375. The monoisotopic (exact) mass is 312 g/mol. The van der Waals surface area contributed by atoms with Crippen LogP contribution < -0.4 is 4.90 Å². The van der Waals surface area contributed by atoms with Gasteiger partial charge in [-0.1, -0.05) is 6.07 Å². The van der Waals surface area contributed by atoms with Crippen LogP contribution in [0.1, 0.15) is 18.5 Å². The standard InChI is InChI=1S/C16H17FN6/c17-16(11-13-3-1-2-6-18-13)4-8-22(9-5-16)14-15-21-20-12-23(15)10-7-19-14/h1-3,6-7,10,12H,4-5,8-9,11H2. The Bertz CT molecular complexity index is 794. The number of rotatable bonds is 3. The lowest BCUT2D eigenvalue weighted by Gasteiger charge is -2.36. The minimum Gasteiger partial charge on any atom is -0.353 e. The summed E-state index contributed by atoms with van der Waals surface area (Å²) in [7, 11) is 0. The molecule has 4 rings (SSSR count). The summed E-state index contributed by atoms with van der Waals surface area (Å²) in [4.78, 5) is 10.7. The number of pyridine rings is 1. The molecule has 1 saturated heterocycles. The summed E-state index contributed by atoms with van der Waals surface area (Å²) in [5.41, 5.74) is 0.313. The van der Waals surface area contributed by atoms with Crippen LogP contribution in [0.15, 0.2) is 43.1 Å². The highest BCUT2D eigenvalue weighted by Crippen LogP contribution is 2.32. The maximum atomic E-state index is 15.1. The predicted molar refractivity (Wildman–Crippen MR) is 84.0 cm³/mol. The molecule has 1 aliphatic rings. The molecule has 1 aliphatic heterocycles. The van der Waals surface area contributed by atoms with Gasteiger partial charge < -0.3 is 4.90 Å². The third-order valence-corrected chi connectivity index (χ3v) is 4.38. The second-order valence-electron chi connectivity index (χ2n) is 5.95. The molecular weight excluding hydrogens is 295 g/mol. The summed E-state index contributed by atoms with van der Waals surface area (Å²) >= 11 is 0. The van der Waals surface area contributed by atoms with E-state index in [2.05, 4.69) is 25.1 Å². The summed E-state index contributed by atoms with van der Waals surface area (Å²) in [6, 6.07) is 5.63. The Hall–Kier alpha value is -2.57. The van der Waals surface area contributed by atoms with Gasteiger partial charge in [0, 0.05) is 43.8 Å². The van der Waals surface area contributed by atoms with Gasteiger partial charge in [0.15, 0.2) is 5.82 Å². The van der Waals surface area contributed by atoms with E-state index in [0.29, 0.717) is 38.0 Å². The summed E-state index contributed by atoms with van der Waals surface area (Å²) < 4.78 is 16.9. The maximum absolute atomic E-state index is 15.1. The minimum atomic E-state index is -1.20. The van der Waals surface area contributed by atoms with E-state index in [-0.39, 0.29) is 0 Å². The quantitative estimate of drug-likeness (QED) is 0.741. The van der Waals surface area contributed by atoms with E-state index >= 15 is 4.39 Å². The van der Waals surface area contributed by atoms with Crippen LogP contribution >= 0.6 is 0 Å². The number of piperidine rings is 1. The van der Waals surface area contributed by atoms with Crippen molar-refractivity contribution in [2.24, 2.45) is 0 Å². The van der Waals surface area contributed by atoms with Gasteiger partial charge in [0.2, 0.25) is 5.65 Å². The Morgan fingerprint density at radius 1 is 1.13 bits per heavy atom. The van der Waals surface area contributed by atoms with E-state index in [4.69, 9.17) is 0 Å². The topological polar surface area (TPSA) is 59.2 Å². The lowest BCUT2D eigenvalue weighted by Crippen LogP contribution is -2.43. The molecule has 6 nitrogen and oxygen atoms in total. The lowest BCUT2D eigenvalue weighted by atomic mass is 9.88. The SMILES string of the molecule is FC1(Cc2ccccn2)CCN(c2nccn3cnnc23)CC1. The molecule has 118 valence electrons. The van der Waals surface area contributed by atoms with Gasteiger partial charge in [0.1, 0.15) is 12.0 Å². The number of halogens is 1. The van der Waals surface area contributed by atoms with Gasteiger partial charge in [0.25, 0.3) is 0 Å². The molecule has 0 aromatic carbocycles. The first-order valence-electron chi connectivity index (χ1n) is 7.72. The van der Waals surface area contributed by atoms with Gasteiger partial charge in [-0.05, 0) is 25.0 Å². The Kier molecular flexibility index (Phi) is 3.40. The normalized spacial score (nSPS) is 17.5. The predicted octanol–water partition coefficient (Wildman–Crippen LogP) is 2.07. The summed E-state index contributed by atoms with van der Waals surface area (Å²) in [6.45, 7) is 1.23. The fourth-order valence-corrected chi connectivity index (χ4v) is 3.09. The average Bonchev–Trinajstić information content (AvgIpc) is 3.05. The highest BCUT2D eigenvalue weighted by Gasteiger charge is 2.36. The molecule has 0 N–H and O–H groups in total. The lowest BCUT2D eigenvalue weighted by molar-refractivity contribution is 0.124. The number of fused-ring (bicyclic) bond motifs is 1. The van der Waals surface area contributed by atoms with Crippen LogP contribution in [0.25, 0.3) is 5.65 Å². The zero-order valence-corrected chi connectivity index (χ0v) is 12.6. The molecule has 0 amide bonds. The number of hydrogen-bond acceptors (Lipinski definition) is 5. The molecule has 4 heterocycles. The van der Waals surface area contributed by atoms with E-state index in [9.17, 15) is 0 Å². The van der Waals surface area contributed by atoms with Crippen molar-refractivity contribution < 1.29 is 4.39 Å². The Labute approximate surface area is 133 Å². The first kappa shape index (κ1) is 14.0. The average molecular weight is 312 g/mol. The van der Waals surface area contributed by atoms with E-state index in [1.165, 1.54) is 0 Å². The van der Waals surface area contributed by atoms with Gasteiger partial charge in [-0.15, -0.1) is 10.2 Å². The van der Waals surface area contributed by atoms with Crippen molar-refractivity contribution in [3.63, 3.8) is 0 Å². The smallest absolute Gasteiger partial charge is 0.203 e. The number of aromatic nitrogens is 5. The van der Waals surface area contributed by atoms with Gasteiger partial charge in [-0.25, -0.2) is 9.37 Å². The van der Waals surface area contributed by atoms with Crippen LogP contribution in [0.2, 0.25) is 0 Å². The fourth-order valence-electron chi connectivity index (χ4n) is 3.09. The van der Waals surface area contributed by atoms with Crippen molar-refractivity contribution >= 4 is 11.5 Å². The van der Waals surface area contributed by atoms with Crippen LogP contribution in [0.3, 0.4) is 0 Å². The van der Waals surface area contributed by atoms with E-state index in [1.54, 1.807) is 18.7 Å². The van der Waals surface area contributed by atoms with Gasteiger partial charge in [-0.3, -0.25) is 9.38 Å². The molecule has 0 saturated carbocycles. The van der Waals surface area contributed by atoms with Crippen molar-refractivity contribution in [3.05, 3.63) is 48.8 Å². The van der Waals surface area contributed by atoms with Crippen molar-refractivity contribution in [1.29, 1.82) is 0 Å². The molecule has 0 atom stereocenters. The zero-order valence-electron chi connectivity index (χ0n) is 12.6. The first-order chi connectivity index (χ1) is 11.2. The van der Waals surface area contributed by atoms with Crippen molar-refractivity contribution in [2.75, 3.05) is 18.0 Å². The molecule has 3 aromatic heterocycles. The molecule has 0 bridgehead atoms. The third kappa shape index (κ3) is 2.74. The Morgan fingerprint density at radius 3 is 2.78 bits per heavy atom. The van der Waals surface area contributed by atoms with Crippen LogP contribution in [0.4, 0.5) is 10.2 Å². The van der Waals surface area contributed by atoms with Crippen LogP contribution in [-0.2, 0) is 6.42 Å². The highest BCUT2D eigenvalue weighted by atomic mass is 19.1. The first-order valence-corrected chi connectivity index (χ1v) is 7.72. The van der Waals surface area contributed by atoms with E-state index in [1.807, 2.05) is 28.8 Å². The summed E-state index contributed by atoms with van der Waals surface area (Å²) in [5.74, 6) is 0.768. The zero-order chi connectivity index (χ0) is 15.7. The summed E-state index contributed by atoms with van der Waals surface area (Å²) in [6.07, 6.45) is 8.17. The van der Waals surface area contributed by atoms with E-state index in [0.717, 1.165) is 11.5 Å². The highest BCUT2D eigenvalue weighted by molar-refractivity contribution is 5.63. The molecule has 1 fully saturated rings. The van der Waals surface area contributed by atoms with Crippen LogP contribution in [0, 0.1) is 0 Å². The molecule has 0 spiro atoms. The molecule has 7 heteroatoms. The van der Waals surface area contributed by atoms with E-state index < -0.39 is 5.67 Å². The van der Waals surface area contributed by atoms with Gasteiger partial charge in [-0.2, -0.15) is 0 Å². The molecule has 0 radical (unpaired) electrons. The number of nitrogens with zero attached hydrogens (tertiary/aromatic N) is 6. The van der Waals surface area contributed by atoms with Crippen molar-refractivity contribution in [2.45, 2.75) is 24.9 Å². The second-order valence-corrected chi connectivity index (χ2v) is 5.95. The number of anilines is 1. The second kappa shape index (κ2) is 5.57. The van der Waals surface area contributed by atoms with Crippen LogP contribution in [0.5, 0.6) is 0 Å².